The van der Waals surface area contributed by atoms with Crippen LogP contribution in [-0.2, 0) is 0 Å². The fraction of sp³-hybridized carbons (Fsp3) is 0.0714. The minimum absolute atomic E-state index is 0.0220. The first-order valence-electron chi connectivity index (χ1n) is 5.16. The Morgan fingerprint density at radius 2 is 1.71 bits per heavy atom. The topological polar surface area (TPSA) is 26.3 Å². The molecule has 86 valence electrons. The number of halogens is 1. The molecule has 3 heteroatoms. The second-order valence-corrected chi connectivity index (χ2v) is 3.51. The van der Waals surface area contributed by atoms with Crippen molar-refractivity contribution in [2.45, 2.75) is 0 Å². The van der Waals surface area contributed by atoms with Crippen molar-refractivity contribution in [3.05, 3.63) is 64.6 Å². The van der Waals surface area contributed by atoms with Crippen LogP contribution in [0.1, 0.15) is 0 Å². The fourth-order valence-corrected chi connectivity index (χ4v) is 1.69. The first-order valence-corrected chi connectivity index (χ1v) is 5.16. The Morgan fingerprint density at radius 3 is 2.35 bits per heavy atom. The third kappa shape index (κ3) is 2.18. The van der Waals surface area contributed by atoms with Crippen molar-refractivity contribution >= 4 is 0 Å². The van der Waals surface area contributed by atoms with Gasteiger partial charge in [0.05, 0.1) is 12.7 Å². The Bertz CT molecular complexity index is 579. The van der Waals surface area contributed by atoms with Crippen LogP contribution in [0.4, 0.5) is 4.39 Å². The van der Waals surface area contributed by atoms with E-state index in [0.29, 0.717) is 5.56 Å². The summed E-state index contributed by atoms with van der Waals surface area (Å²) in [5, 5.41) is 0. The highest BCUT2D eigenvalue weighted by molar-refractivity contribution is 5.69. The van der Waals surface area contributed by atoms with E-state index >= 15 is 0 Å². The Hall–Kier alpha value is -2.16. The second-order valence-electron chi connectivity index (χ2n) is 3.51. The highest BCUT2D eigenvalue weighted by Crippen LogP contribution is 2.27. The molecule has 2 nitrogen and oxygen atoms in total. The molecular weight excluding hydrogens is 219 g/mol. The molecule has 0 heterocycles. The minimum Gasteiger partial charge on any atom is -0.493 e. The highest BCUT2D eigenvalue weighted by Gasteiger charge is 2.12. The fourth-order valence-electron chi connectivity index (χ4n) is 1.69. The molecule has 0 atom stereocenters. The molecule has 0 aliphatic carbocycles. The molecule has 0 aromatic heterocycles. The number of ether oxygens (including phenoxy) is 1. The molecule has 0 bridgehead atoms. The molecule has 0 spiro atoms. The summed E-state index contributed by atoms with van der Waals surface area (Å²) in [6.45, 7) is 0. The molecule has 17 heavy (non-hydrogen) atoms. The minimum atomic E-state index is -0.548. The van der Waals surface area contributed by atoms with Gasteiger partial charge < -0.3 is 4.74 Å². The van der Waals surface area contributed by atoms with Crippen molar-refractivity contribution in [2.75, 3.05) is 7.11 Å². The third-order valence-electron chi connectivity index (χ3n) is 2.45. The Morgan fingerprint density at radius 1 is 1.00 bits per heavy atom. The predicted molar refractivity (Wildman–Crippen MR) is 64.7 cm³/mol. The van der Waals surface area contributed by atoms with Gasteiger partial charge in [0.25, 0.3) is 0 Å². The highest BCUT2D eigenvalue weighted by atomic mass is 19.1. The van der Waals surface area contributed by atoms with E-state index in [-0.39, 0.29) is 16.7 Å². The zero-order valence-electron chi connectivity index (χ0n) is 9.31. The van der Waals surface area contributed by atoms with Crippen LogP contribution in [0.15, 0.2) is 53.3 Å². The Labute approximate surface area is 98.3 Å². The molecule has 0 aliphatic rings. The number of hydrogen-bond donors (Lipinski definition) is 0. The van der Waals surface area contributed by atoms with Crippen molar-refractivity contribution in [2.24, 2.45) is 0 Å². The van der Waals surface area contributed by atoms with Crippen molar-refractivity contribution in [1.29, 1.82) is 0 Å². The van der Waals surface area contributed by atoms with Gasteiger partial charge in [-0.2, -0.15) is 0 Å². The molecule has 0 amide bonds. The van der Waals surface area contributed by atoms with Crippen molar-refractivity contribution < 1.29 is 9.13 Å². The maximum absolute atomic E-state index is 13.7. The van der Waals surface area contributed by atoms with Crippen LogP contribution in [0.2, 0.25) is 0 Å². The maximum atomic E-state index is 13.7. The van der Waals surface area contributed by atoms with E-state index < -0.39 is 5.82 Å². The summed E-state index contributed by atoms with van der Waals surface area (Å²) in [4.78, 5) is 11.9. The van der Waals surface area contributed by atoms with E-state index in [1.54, 1.807) is 24.3 Å². The van der Waals surface area contributed by atoms with Crippen LogP contribution >= 0.6 is 0 Å². The van der Waals surface area contributed by atoms with E-state index in [1.807, 2.05) is 6.07 Å². The number of rotatable bonds is 2. The summed E-state index contributed by atoms with van der Waals surface area (Å²) < 4.78 is 18.7. The van der Waals surface area contributed by atoms with Crippen LogP contribution in [0.5, 0.6) is 5.75 Å². The standard InChI is InChI=1S/C14H11FO2/c1-17-14-11(15)8-5-9-12(16)13(14)10-6-3-2-4-7-10/h2-9H,1H3. The zero-order valence-corrected chi connectivity index (χ0v) is 9.31. The lowest BCUT2D eigenvalue weighted by Crippen LogP contribution is -2.02. The van der Waals surface area contributed by atoms with Gasteiger partial charge in [0.15, 0.2) is 17.0 Å². The zero-order chi connectivity index (χ0) is 12.3. The molecule has 0 saturated heterocycles. The van der Waals surface area contributed by atoms with Crippen LogP contribution in [0.25, 0.3) is 11.1 Å². The van der Waals surface area contributed by atoms with Gasteiger partial charge in [-0.25, -0.2) is 4.39 Å². The normalized spacial score (nSPS) is 10.0. The van der Waals surface area contributed by atoms with Gasteiger partial charge in [0.1, 0.15) is 0 Å². The van der Waals surface area contributed by atoms with Gasteiger partial charge in [-0.1, -0.05) is 36.4 Å². The van der Waals surface area contributed by atoms with E-state index in [4.69, 9.17) is 4.74 Å². The molecule has 0 fully saturated rings. The lowest BCUT2D eigenvalue weighted by atomic mass is 10.1. The first-order chi connectivity index (χ1) is 8.24. The summed E-state index contributed by atoms with van der Waals surface area (Å²) >= 11 is 0. The van der Waals surface area contributed by atoms with Crippen molar-refractivity contribution in [3.8, 4) is 16.9 Å². The van der Waals surface area contributed by atoms with Gasteiger partial charge in [0.2, 0.25) is 0 Å². The van der Waals surface area contributed by atoms with Crippen molar-refractivity contribution in [3.63, 3.8) is 0 Å². The number of methoxy groups -OCH3 is 1. The smallest absolute Gasteiger partial charge is 0.190 e. The van der Waals surface area contributed by atoms with E-state index in [2.05, 4.69) is 0 Å². The maximum Gasteiger partial charge on any atom is 0.190 e. The summed E-state index contributed by atoms with van der Waals surface area (Å²) in [5.74, 6) is -0.570. The Balaban J connectivity index is 2.82. The van der Waals surface area contributed by atoms with E-state index in [9.17, 15) is 9.18 Å². The van der Waals surface area contributed by atoms with E-state index in [1.165, 1.54) is 25.3 Å². The summed E-state index contributed by atoms with van der Waals surface area (Å²) in [5.41, 5.74) is 0.622. The average molecular weight is 230 g/mol. The molecular formula is C14H11FO2. The van der Waals surface area contributed by atoms with Gasteiger partial charge in [-0.05, 0) is 17.7 Å². The Kier molecular flexibility index (Phi) is 3.19. The molecule has 2 aromatic rings. The van der Waals surface area contributed by atoms with Gasteiger partial charge in [-0.3, -0.25) is 4.79 Å². The van der Waals surface area contributed by atoms with Gasteiger partial charge in [-0.15, -0.1) is 0 Å². The molecule has 2 rings (SSSR count). The molecule has 0 saturated carbocycles. The van der Waals surface area contributed by atoms with Gasteiger partial charge >= 0.3 is 0 Å². The van der Waals surface area contributed by atoms with E-state index in [0.717, 1.165) is 0 Å². The monoisotopic (exact) mass is 230 g/mol. The lowest BCUT2D eigenvalue weighted by Gasteiger charge is -2.05. The van der Waals surface area contributed by atoms with Crippen molar-refractivity contribution in [1.82, 2.24) is 0 Å². The number of benzene rings is 1. The SMILES string of the molecule is COc1c(F)cccc(=O)c1-c1ccccc1. The third-order valence-corrected chi connectivity index (χ3v) is 2.45. The average Bonchev–Trinajstić information content (AvgIpc) is 2.49. The second kappa shape index (κ2) is 4.78. The molecule has 0 aliphatic heterocycles. The summed E-state index contributed by atoms with van der Waals surface area (Å²) in [6, 6.07) is 12.8. The van der Waals surface area contributed by atoms with Crippen LogP contribution < -0.4 is 10.2 Å². The molecule has 2 aromatic carbocycles. The summed E-state index contributed by atoms with van der Waals surface area (Å²) in [7, 11) is 1.35. The van der Waals surface area contributed by atoms with Crippen LogP contribution in [-0.4, -0.2) is 7.11 Å². The predicted octanol–water partition coefficient (Wildman–Crippen LogP) is 2.86. The van der Waals surface area contributed by atoms with Gasteiger partial charge in [0, 0.05) is 0 Å². The lowest BCUT2D eigenvalue weighted by molar-refractivity contribution is 0.389. The molecule has 0 radical (unpaired) electrons. The molecule has 0 unspecified atom stereocenters. The molecule has 0 N–H and O–H groups in total. The number of hydrogen-bond acceptors (Lipinski definition) is 2. The largest absolute Gasteiger partial charge is 0.493 e. The van der Waals surface area contributed by atoms with Crippen LogP contribution in [0, 0.1) is 5.82 Å². The summed E-state index contributed by atoms with van der Waals surface area (Å²) in [6.07, 6.45) is 0. The quantitative estimate of drug-likeness (QED) is 0.793. The van der Waals surface area contributed by atoms with Crippen LogP contribution in [0.3, 0.4) is 0 Å². The first kappa shape index (κ1) is 11.3.